The Morgan fingerprint density at radius 1 is 1.00 bits per heavy atom. The molecule has 0 aromatic heterocycles. The molecule has 0 spiro atoms. The highest BCUT2D eigenvalue weighted by molar-refractivity contribution is 6.51. The lowest BCUT2D eigenvalue weighted by Crippen LogP contribution is -2.29. The summed E-state index contributed by atoms with van der Waals surface area (Å²) in [6.45, 7) is 0. The van der Waals surface area contributed by atoms with E-state index in [4.69, 9.17) is 0 Å². The number of rotatable bonds is 4. The lowest BCUT2D eigenvalue weighted by molar-refractivity contribution is -0.384. The van der Waals surface area contributed by atoms with Gasteiger partial charge in [-0.25, -0.2) is 4.39 Å². The van der Waals surface area contributed by atoms with Gasteiger partial charge in [-0.05, 0) is 35.9 Å². The number of aliphatic hydroxyl groups excluding tert-OH is 1. The number of carbonyl (C=O) groups is 2. The lowest BCUT2D eigenvalue weighted by atomic mass is 9.95. The molecule has 1 heterocycles. The Hall–Kier alpha value is -4.53. The fraction of sp³-hybridized carbons (Fsp3) is 0.0435. The van der Waals surface area contributed by atoms with E-state index in [1.165, 1.54) is 60.7 Å². The Morgan fingerprint density at radius 3 is 2.41 bits per heavy atom. The average molecular weight is 434 g/mol. The average Bonchev–Trinajstić information content (AvgIpc) is 3.04. The van der Waals surface area contributed by atoms with Gasteiger partial charge in [-0.1, -0.05) is 30.3 Å². The van der Waals surface area contributed by atoms with E-state index in [-0.39, 0.29) is 33.8 Å². The molecule has 8 nitrogen and oxygen atoms in total. The monoisotopic (exact) mass is 434 g/mol. The number of phenols is 1. The van der Waals surface area contributed by atoms with E-state index in [0.717, 1.165) is 17.0 Å². The molecule has 1 fully saturated rings. The lowest BCUT2D eigenvalue weighted by Gasteiger charge is -2.25. The fourth-order valence-corrected chi connectivity index (χ4v) is 3.66. The number of carbonyl (C=O) groups excluding carboxylic acids is 2. The largest absolute Gasteiger partial charge is 0.508 e. The maximum Gasteiger partial charge on any atom is 0.300 e. The maximum absolute atomic E-state index is 13.9. The van der Waals surface area contributed by atoms with Gasteiger partial charge in [0.15, 0.2) is 0 Å². The van der Waals surface area contributed by atoms with Crippen molar-refractivity contribution >= 4 is 28.8 Å². The van der Waals surface area contributed by atoms with Gasteiger partial charge < -0.3 is 10.2 Å². The van der Waals surface area contributed by atoms with E-state index in [0.29, 0.717) is 0 Å². The number of anilines is 1. The smallest absolute Gasteiger partial charge is 0.300 e. The summed E-state index contributed by atoms with van der Waals surface area (Å²) in [5.41, 5.74) is -0.353. The molecule has 3 aromatic rings. The van der Waals surface area contributed by atoms with E-state index >= 15 is 0 Å². The van der Waals surface area contributed by atoms with Gasteiger partial charge in [-0.15, -0.1) is 0 Å². The highest BCUT2D eigenvalue weighted by atomic mass is 19.1. The standard InChI is InChI=1S/C23H15FN2O6/c24-15-6-3-7-16(12-15)25-20(13-4-2-9-18(27)11-13)19(22(29)23(25)30)21(28)14-5-1-8-17(10-14)26(31)32/h1-12,20,27-28H/b21-19-. The molecule has 1 amide bonds. The Bertz CT molecular complexity index is 1300. The van der Waals surface area contributed by atoms with Crippen LogP contribution in [0.3, 0.4) is 0 Å². The van der Waals surface area contributed by atoms with Crippen LogP contribution in [-0.4, -0.2) is 26.8 Å². The molecule has 1 aliphatic rings. The predicted molar refractivity (Wildman–Crippen MR) is 112 cm³/mol. The van der Waals surface area contributed by atoms with Crippen molar-refractivity contribution in [3.63, 3.8) is 0 Å². The topological polar surface area (TPSA) is 121 Å². The van der Waals surface area contributed by atoms with E-state index in [2.05, 4.69) is 0 Å². The second kappa shape index (κ2) is 7.95. The van der Waals surface area contributed by atoms with Crippen LogP contribution in [0.2, 0.25) is 0 Å². The van der Waals surface area contributed by atoms with Crippen molar-refractivity contribution in [1.29, 1.82) is 0 Å². The highest BCUT2D eigenvalue weighted by Gasteiger charge is 2.47. The molecule has 1 unspecified atom stereocenters. The number of nitrogens with zero attached hydrogens (tertiary/aromatic N) is 2. The van der Waals surface area contributed by atoms with Crippen LogP contribution in [-0.2, 0) is 9.59 Å². The number of non-ortho nitro benzene ring substituents is 1. The molecule has 2 N–H and O–H groups in total. The van der Waals surface area contributed by atoms with Crippen LogP contribution in [0.1, 0.15) is 17.2 Å². The van der Waals surface area contributed by atoms with Gasteiger partial charge >= 0.3 is 0 Å². The normalized spacial score (nSPS) is 17.5. The van der Waals surface area contributed by atoms with Crippen LogP contribution in [0.15, 0.2) is 78.4 Å². The quantitative estimate of drug-likeness (QED) is 0.210. The Kier molecular flexibility index (Phi) is 5.15. The first-order valence-electron chi connectivity index (χ1n) is 9.38. The SMILES string of the molecule is O=C1C(=O)N(c2cccc(F)c2)C(c2cccc(O)c2)/C1=C(/O)c1cccc([N+](=O)[O-])c1. The maximum atomic E-state index is 13.9. The number of nitro benzene ring substituents is 1. The van der Waals surface area contributed by atoms with Crippen LogP contribution in [0, 0.1) is 15.9 Å². The molecule has 4 rings (SSSR count). The Balaban J connectivity index is 1.97. The number of hydrogen-bond donors (Lipinski definition) is 2. The van der Waals surface area contributed by atoms with Gasteiger partial charge in [-0.3, -0.25) is 24.6 Å². The van der Waals surface area contributed by atoms with Crippen LogP contribution in [0.5, 0.6) is 5.75 Å². The summed E-state index contributed by atoms with van der Waals surface area (Å²) in [7, 11) is 0. The third-order valence-corrected chi connectivity index (χ3v) is 5.05. The molecule has 160 valence electrons. The summed E-state index contributed by atoms with van der Waals surface area (Å²) >= 11 is 0. The number of phenolic OH excluding ortho intramolecular Hbond substituents is 1. The highest BCUT2D eigenvalue weighted by Crippen LogP contribution is 2.43. The molecule has 1 atom stereocenters. The second-order valence-electron chi connectivity index (χ2n) is 7.05. The van der Waals surface area contributed by atoms with Crippen molar-refractivity contribution in [3.05, 3.63) is 105 Å². The zero-order valence-electron chi connectivity index (χ0n) is 16.3. The minimum atomic E-state index is -1.21. The van der Waals surface area contributed by atoms with E-state index in [1.807, 2.05) is 0 Å². The molecule has 1 saturated heterocycles. The molecule has 0 radical (unpaired) electrons. The van der Waals surface area contributed by atoms with Crippen molar-refractivity contribution < 1.29 is 29.1 Å². The zero-order chi connectivity index (χ0) is 23.0. The molecule has 0 saturated carbocycles. The van der Waals surface area contributed by atoms with Crippen LogP contribution >= 0.6 is 0 Å². The molecular weight excluding hydrogens is 419 g/mol. The number of hydrogen-bond acceptors (Lipinski definition) is 6. The molecule has 0 bridgehead atoms. The molecule has 9 heteroatoms. The van der Waals surface area contributed by atoms with Crippen LogP contribution in [0.4, 0.5) is 15.8 Å². The first kappa shape index (κ1) is 20.7. The van der Waals surface area contributed by atoms with Gasteiger partial charge in [0.1, 0.15) is 17.3 Å². The van der Waals surface area contributed by atoms with Crippen molar-refractivity contribution in [3.8, 4) is 5.75 Å². The first-order chi connectivity index (χ1) is 15.3. The third-order valence-electron chi connectivity index (χ3n) is 5.05. The summed E-state index contributed by atoms with van der Waals surface area (Å²) in [4.78, 5) is 37.4. The van der Waals surface area contributed by atoms with E-state index in [9.17, 15) is 34.3 Å². The number of halogens is 1. The van der Waals surface area contributed by atoms with Crippen LogP contribution < -0.4 is 4.90 Å². The molecule has 32 heavy (non-hydrogen) atoms. The molecule has 1 aliphatic heterocycles. The Labute approximate surface area is 180 Å². The number of Topliss-reactive ketones (excluding diaryl/α,β-unsaturated/α-hetero) is 1. The van der Waals surface area contributed by atoms with E-state index in [1.54, 1.807) is 0 Å². The van der Waals surface area contributed by atoms with Gasteiger partial charge in [0.2, 0.25) is 0 Å². The Morgan fingerprint density at radius 2 is 1.72 bits per heavy atom. The van der Waals surface area contributed by atoms with Crippen molar-refractivity contribution in [1.82, 2.24) is 0 Å². The van der Waals surface area contributed by atoms with Crippen molar-refractivity contribution in [2.45, 2.75) is 6.04 Å². The van der Waals surface area contributed by atoms with Gasteiger partial charge in [0, 0.05) is 23.4 Å². The number of nitro groups is 1. The predicted octanol–water partition coefficient (Wildman–Crippen LogP) is 4.07. The molecule has 0 aliphatic carbocycles. The summed E-state index contributed by atoms with van der Waals surface area (Å²) in [6, 6.07) is 14.5. The van der Waals surface area contributed by atoms with Crippen molar-refractivity contribution in [2.75, 3.05) is 4.90 Å². The third kappa shape index (κ3) is 3.56. The van der Waals surface area contributed by atoms with Gasteiger partial charge in [0.05, 0.1) is 16.5 Å². The summed E-state index contributed by atoms with van der Waals surface area (Å²) < 4.78 is 13.9. The minimum absolute atomic E-state index is 0.0402. The fourth-order valence-electron chi connectivity index (χ4n) is 3.66. The molecular formula is C23H15FN2O6. The number of ketones is 1. The number of benzene rings is 3. The number of amides is 1. The summed E-state index contributed by atoms with van der Waals surface area (Å²) in [6.07, 6.45) is 0. The summed E-state index contributed by atoms with van der Waals surface area (Å²) in [5, 5.41) is 32.0. The minimum Gasteiger partial charge on any atom is -0.508 e. The number of aliphatic hydroxyl groups is 1. The van der Waals surface area contributed by atoms with Crippen molar-refractivity contribution in [2.24, 2.45) is 0 Å². The van der Waals surface area contributed by atoms with Gasteiger partial charge in [-0.2, -0.15) is 0 Å². The summed E-state index contributed by atoms with van der Waals surface area (Å²) in [5.74, 6) is -3.48. The van der Waals surface area contributed by atoms with Crippen LogP contribution in [0.25, 0.3) is 5.76 Å². The van der Waals surface area contributed by atoms with E-state index < -0.39 is 34.2 Å². The first-order valence-corrected chi connectivity index (χ1v) is 9.38. The molecule has 3 aromatic carbocycles. The van der Waals surface area contributed by atoms with Gasteiger partial charge in [0.25, 0.3) is 17.4 Å². The number of aromatic hydroxyl groups is 1. The second-order valence-corrected chi connectivity index (χ2v) is 7.05. The zero-order valence-corrected chi connectivity index (χ0v) is 16.3.